The van der Waals surface area contributed by atoms with Crippen LogP contribution in [0.3, 0.4) is 0 Å². The van der Waals surface area contributed by atoms with Crippen molar-refractivity contribution in [2.75, 3.05) is 54.4 Å². The number of carbonyl (C=O) groups is 1. The molecule has 2 aromatic rings. The second-order valence-corrected chi connectivity index (χ2v) is 7.81. The van der Waals surface area contributed by atoms with E-state index in [4.69, 9.17) is 0 Å². The summed E-state index contributed by atoms with van der Waals surface area (Å²) in [4.78, 5) is 27.5. The molecule has 31 heavy (non-hydrogen) atoms. The number of amides is 2. The monoisotopic (exact) mass is 434 g/mol. The Bertz CT molecular complexity index is 958. The van der Waals surface area contributed by atoms with Crippen LogP contribution in [0.2, 0.25) is 0 Å². The summed E-state index contributed by atoms with van der Waals surface area (Å²) in [5.74, 6) is -1.86. The van der Waals surface area contributed by atoms with Gasteiger partial charge in [-0.2, -0.15) is 0 Å². The Morgan fingerprint density at radius 2 is 1.48 bits per heavy atom. The number of aromatic nitrogens is 2. The summed E-state index contributed by atoms with van der Waals surface area (Å²) in [7, 11) is 0. The molecule has 4 rings (SSSR count). The average molecular weight is 434 g/mol. The number of urea groups is 1. The summed E-state index contributed by atoms with van der Waals surface area (Å²) in [5, 5.41) is 2.32. The molecule has 166 valence electrons. The SMILES string of the molecule is Cc1nc(N2CCCCC2)cc(N2CCN(C(=O)Nc3ccc(F)c(F)c3F)CC2)n1. The highest BCUT2D eigenvalue weighted by Crippen LogP contribution is 2.24. The zero-order valence-corrected chi connectivity index (χ0v) is 17.4. The molecule has 2 aliphatic rings. The van der Waals surface area contributed by atoms with Gasteiger partial charge in [-0.25, -0.2) is 27.9 Å². The zero-order valence-electron chi connectivity index (χ0n) is 17.4. The first-order chi connectivity index (χ1) is 14.9. The number of carbonyl (C=O) groups excluding carboxylic acids is 1. The van der Waals surface area contributed by atoms with E-state index in [9.17, 15) is 18.0 Å². The number of rotatable bonds is 3. The van der Waals surface area contributed by atoms with Crippen molar-refractivity contribution >= 4 is 23.4 Å². The molecular formula is C21H25F3N6O. The Morgan fingerprint density at radius 3 is 2.13 bits per heavy atom. The Morgan fingerprint density at radius 1 is 0.871 bits per heavy atom. The van der Waals surface area contributed by atoms with Crippen LogP contribution < -0.4 is 15.1 Å². The number of hydrogen-bond donors (Lipinski definition) is 1. The van der Waals surface area contributed by atoms with E-state index in [1.807, 2.05) is 13.0 Å². The fourth-order valence-corrected chi connectivity index (χ4v) is 3.94. The average Bonchev–Trinajstić information content (AvgIpc) is 2.79. The zero-order chi connectivity index (χ0) is 22.0. The van der Waals surface area contributed by atoms with Gasteiger partial charge in [-0.05, 0) is 38.3 Å². The van der Waals surface area contributed by atoms with Gasteiger partial charge in [0, 0.05) is 45.3 Å². The Labute approximate surface area is 178 Å². The number of aryl methyl sites for hydroxylation is 1. The van der Waals surface area contributed by atoms with E-state index in [2.05, 4.69) is 25.1 Å². The summed E-state index contributed by atoms with van der Waals surface area (Å²) < 4.78 is 40.3. The number of nitrogens with one attached hydrogen (secondary N) is 1. The maximum atomic E-state index is 13.8. The molecule has 0 unspecified atom stereocenters. The molecule has 0 saturated carbocycles. The predicted molar refractivity (Wildman–Crippen MR) is 112 cm³/mol. The molecular weight excluding hydrogens is 409 g/mol. The number of halogens is 3. The molecule has 2 aliphatic heterocycles. The largest absolute Gasteiger partial charge is 0.356 e. The predicted octanol–water partition coefficient (Wildman–Crippen LogP) is 3.55. The van der Waals surface area contributed by atoms with Crippen molar-refractivity contribution in [1.29, 1.82) is 0 Å². The second kappa shape index (κ2) is 8.99. The molecule has 0 bridgehead atoms. The highest BCUT2D eigenvalue weighted by atomic mass is 19.2. The van der Waals surface area contributed by atoms with Crippen LogP contribution in [0.15, 0.2) is 18.2 Å². The van der Waals surface area contributed by atoms with Crippen LogP contribution in [-0.2, 0) is 0 Å². The van der Waals surface area contributed by atoms with E-state index >= 15 is 0 Å². The first-order valence-electron chi connectivity index (χ1n) is 10.5. The Hall–Kier alpha value is -3.04. The first kappa shape index (κ1) is 21.2. The van der Waals surface area contributed by atoms with E-state index in [0.717, 1.165) is 49.7 Å². The maximum absolute atomic E-state index is 13.8. The van der Waals surface area contributed by atoms with E-state index in [-0.39, 0.29) is 5.69 Å². The van der Waals surface area contributed by atoms with Gasteiger partial charge in [0.25, 0.3) is 0 Å². The van der Waals surface area contributed by atoms with Crippen molar-refractivity contribution in [2.45, 2.75) is 26.2 Å². The van der Waals surface area contributed by atoms with Crippen molar-refractivity contribution in [3.8, 4) is 0 Å². The van der Waals surface area contributed by atoms with Crippen LogP contribution in [0.5, 0.6) is 0 Å². The van der Waals surface area contributed by atoms with Gasteiger partial charge in [0.05, 0.1) is 5.69 Å². The third-order valence-corrected chi connectivity index (χ3v) is 5.66. The lowest BCUT2D eigenvalue weighted by Crippen LogP contribution is -2.50. The molecule has 0 spiro atoms. The topological polar surface area (TPSA) is 64.6 Å². The summed E-state index contributed by atoms with van der Waals surface area (Å²) in [6, 6.07) is 3.22. The summed E-state index contributed by atoms with van der Waals surface area (Å²) in [6.07, 6.45) is 3.56. The van der Waals surface area contributed by atoms with Crippen LogP contribution in [0, 0.1) is 24.4 Å². The van der Waals surface area contributed by atoms with Crippen molar-refractivity contribution < 1.29 is 18.0 Å². The number of nitrogens with zero attached hydrogens (tertiary/aromatic N) is 5. The smallest absolute Gasteiger partial charge is 0.322 e. The molecule has 1 aromatic carbocycles. The third kappa shape index (κ3) is 4.67. The minimum Gasteiger partial charge on any atom is -0.356 e. The van der Waals surface area contributed by atoms with Gasteiger partial charge in [-0.1, -0.05) is 0 Å². The molecule has 2 fully saturated rings. The van der Waals surface area contributed by atoms with Gasteiger partial charge in [0.2, 0.25) is 0 Å². The highest BCUT2D eigenvalue weighted by molar-refractivity contribution is 5.89. The lowest BCUT2D eigenvalue weighted by molar-refractivity contribution is 0.208. The lowest BCUT2D eigenvalue weighted by atomic mass is 10.1. The fraction of sp³-hybridized carbons (Fsp3) is 0.476. The van der Waals surface area contributed by atoms with Crippen LogP contribution in [0.4, 0.5) is 35.3 Å². The molecule has 3 heterocycles. The first-order valence-corrected chi connectivity index (χ1v) is 10.5. The van der Waals surface area contributed by atoms with Gasteiger partial charge in [0.1, 0.15) is 17.5 Å². The summed E-state index contributed by atoms with van der Waals surface area (Å²) in [5.41, 5.74) is -0.385. The number of anilines is 3. The molecule has 2 saturated heterocycles. The highest BCUT2D eigenvalue weighted by Gasteiger charge is 2.25. The molecule has 2 amide bonds. The van der Waals surface area contributed by atoms with Crippen LogP contribution in [-0.4, -0.2) is 60.2 Å². The minimum absolute atomic E-state index is 0.385. The normalized spacial score (nSPS) is 17.1. The molecule has 1 aromatic heterocycles. The number of piperidine rings is 1. The second-order valence-electron chi connectivity index (χ2n) is 7.81. The number of hydrogen-bond acceptors (Lipinski definition) is 5. The number of piperazine rings is 1. The van der Waals surface area contributed by atoms with Crippen LogP contribution in [0.25, 0.3) is 0 Å². The van der Waals surface area contributed by atoms with Gasteiger partial charge in [-0.15, -0.1) is 0 Å². The molecule has 0 atom stereocenters. The summed E-state index contributed by atoms with van der Waals surface area (Å²) in [6.45, 7) is 5.72. The molecule has 0 aliphatic carbocycles. The van der Waals surface area contributed by atoms with Crippen molar-refractivity contribution in [1.82, 2.24) is 14.9 Å². The third-order valence-electron chi connectivity index (χ3n) is 5.66. The Kier molecular flexibility index (Phi) is 6.15. The molecule has 7 nitrogen and oxygen atoms in total. The number of benzene rings is 1. The van der Waals surface area contributed by atoms with Crippen LogP contribution >= 0.6 is 0 Å². The van der Waals surface area contributed by atoms with Gasteiger partial charge < -0.3 is 20.0 Å². The van der Waals surface area contributed by atoms with E-state index in [1.54, 1.807) is 0 Å². The summed E-state index contributed by atoms with van der Waals surface area (Å²) >= 11 is 0. The standard InChI is InChI=1S/C21H25F3N6O/c1-14-25-17(28-7-3-2-4-8-28)13-18(26-14)29-9-11-30(12-10-29)21(31)27-16-6-5-15(22)19(23)20(16)24/h5-6,13H,2-4,7-12H2,1H3,(H,27,31). The van der Waals surface area contributed by atoms with Crippen molar-refractivity contribution in [3.63, 3.8) is 0 Å². The molecule has 0 radical (unpaired) electrons. The minimum atomic E-state index is -1.61. The van der Waals surface area contributed by atoms with Crippen molar-refractivity contribution in [3.05, 3.63) is 41.5 Å². The van der Waals surface area contributed by atoms with Gasteiger partial charge in [-0.3, -0.25) is 0 Å². The van der Waals surface area contributed by atoms with E-state index < -0.39 is 23.5 Å². The maximum Gasteiger partial charge on any atom is 0.322 e. The van der Waals surface area contributed by atoms with E-state index in [1.165, 1.54) is 11.3 Å². The Balaban J connectivity index is 1.39. The molecule has 1 N–H and O–H groups in total. The van der Waals surface area contributed by atoms with E-state index in [0.29, 0.717) is 32.0 Å². The van der Waals surface area contributed by atoms with Gasteiger partial charge in [0.15, 0.2) is 17.5 Å². The molecule has 10 heteroatoms. The van der Waals surface area contributed by atoms with Gasteiger partial charge >= 0.3 is 6.03 Å². The quantitative estimate of drug-likeness (QED) is 0.749. The van der Waals surface area contributed by atoms with Crippen LogP contribution in [0.1, 0.15) is 25.1 Å². The fourth-order valence-electron chi connectivity index (χ4n) is 3.94. The van der Waals surface area contributed by atoms with Crippen molar-refractivity contribution in [2.24, 2.45) is 0 Å². The lowest BCUT2D eigenvalue weighted by Gasteiger charge is -2.36.